The van der Waals surface area contributed by atoms with Crippen molar-refractivity contribution in [3.8, 4) is 0 Å². The summed E-state index contributed by atoms with van der Waals surface area (Å²) in [5.74, 6) is 0. The third kappa shape index (κ3) is 2.59. The van der Waals surface area contributed by atoms with Gasteiger partial charge in [0, 0.05) is 24.8 Å². The smallest absolute Gasteiger partial charge is 0.0522 e. The van der Waals surface area contributed by atoms with Crippen molar-refractivity contribution in [3.05, 3.63) is 18.0 Å². The highest BCUT2D eigenvalue weighted by Crippen LogP contribution is 2.35. The van der Waals surface area contributed by atoms with Crippen LogP contribution in [0.4, 0.5) is 0 Å². The van der Waals surface area contributed by atoms with Crippen molar-refractivity contribution in [2.24, 2.45) is 12.8 Å². The number of hydrogen-bond acceptors (Lipinski definition) is 3. The van der Waals surface area contributed by atoms with Gasteiger partial charge in [-0.05, 0) is 38.9 Å². The molecule has 102 valence electrons. The second kappa shape index (κ2) is 5.41. The van der Waals surface area contributed by atoms with Crippen LogP contribution in [-0.4, -0.2) is 40.4 Å². The second-order valence-electron chi connectivity index (χ2n) is 5.89. The van der Waals surface area contributed by atoms with Crippen LogP contribution in [-0.2, 0) is 13.5 Å². The number of likely N-dealkylation sites (N-methyl/N-ethyl adjacent to an activating group) is 1. The van der Waals surface area contributed by atoms with E-state index in [-0.39, 0.29) is 11.6 Å². The Morgan fingerprint density at radius 2 is 2.06 bits per heavy atom. The lowest BCUT2D eigenvalue weighted by molar-refractivity contribution is 0.0716. The van der Waals surface area contributed by atoms with Crippen LogP contribution >= 0.6 is 0 Å². The maximum atomic E-state index is 6.55. The molecular weight excluding hydrogens is 224 g/mol. The van der Waals surface area contributed by atoms with E-state index in [0.29, 0.717) is 0 Å². The number of aromatic nitrogens is 2. The molecule has 0 radical (unpaired) electrons. The van der Waals surface area contributed by atoms with Gasteiger partial charge in [0.2, 0.25) is 0 Å². The molecule has 2 N–H and O–H groups in total. The third-order valence-electron chi connectivity index (χ3n) is 4.51. The van der Waals surface area contributed by atoms with Crippen LogP contribution < -0.4 is 5.73 Å². The van der Waals surface area contributed by atoms with Gasteiger partial charge in [0.25, 0.3) is 0 Å². The zero-order chi connectivity index (χ0) is 13.2. The van der Waals surface area contributed by atoms with Crippen molar-refractivity contribution in [3.63, 3.8) is 0 Å². The summed E-state index contributed by atoms with van der Waals surface area (Å²) in [7, 11) is 6.31. The predicted octanol–water partition coefficient (Wildman–Crippen LogP) is 1.55. The van der Waals surface area contributed by atoms with Gasteiger partial charge in [-0.15, -0.1) is 0 Å². The SMILES string of the molecule is CN(C)C1(C(N)Cc2cnn(C)c2)CCCCC1. The lowest BCUT2D eigenvalue weighted by Crippen LogP contribution is -2.59. The van der Waals surface area contributed by atoms with Gasteiger partial charge in [0.1, 0.15) is 0 Å². The van der Waals surface area contributed by atoms with E-state index in [1.807, 2.05) is 17.9 Å². The molecule has 4 nitrogen and oxygen atoms in total. The van der Waals surface area contributed by atoms with Crippen molar-refractivity contribution in [1.82, 2.24) is 14.7 Å². The van der Waals surface area contributed by atoms with Crippen LogP contribution in [0.2, 0.25) is 0 Å². The largest absolute Gasteiger partial charge is 0.326 e. The summed E-state index contributed by atoms with van der Waals surface area (Å²) in [4.78, 5) is 2.35. The average Bonchev–Trinajstić information content (AvgIpc) is 2.75. The molecule has 1 aliphatic carbocycles. The van der Waals surface area contributed by atoms with Gasteiger partial charge in [-0.2, -0.15) is 5.10 Å². The molecule has 1 saturated carbocycles. The fourth-order valence-electron chi connectivity index (χ4n) is 3.33. The Morgan fingerprint density at radius 1 is 1.39 bits per heavy atom. The van der Waals surface area contributed by atoms with Crippen molar-refractivity contribution >= 4 is 0 Å². The first-order valence-corrected chi connectivity index (χ1v) is 6.95. The summed E-state index contributed by atoms with van der Waals surface area (Å²) in [5.41, 5.74) is 7.97. The van der Waals surface area contributed by atoms with E-state index in [1.165, 1.54) is 37.7 Å². The zero-order valence-corrected chi connectivity index (χ0v) is 11.9. The summed E-state index contributed by atoms with van der Waals surface area (Å²) >= 11 is 0. The minimum absolute atomic E-state index is 0.175. The molecule has 0 aliphatic heterocycles. The Balaban J connectivity index is 2.10. The maximum Gasteiger partial charge on any atom is 0.0522 e. The topological polar surface area (TPSA) is 47.1 Å². The second-order valence-corrected chi connectivity index (χ2v) is 5.89. The van der Waals surface area contributed by atoms with Gasteiger partial charge in [-0.1, -0.05) is 19.3 Å². The van der Waals surface area contributed by atoms with Crippen LogP contribution in [0, 0.1) is 0 Å². The number of rotatable bonds is 4. The predicted molar refractivity (Wildman–Crippen MR) is 74.4 cm³/mol. The van der Waals surface area contributed by atoms with Crippen molar-refractivity contribution in [1.29, 1.82) is 0 Å². The summed E-state index contributed by atoms with van der Waals surface area (Å²) in [6.45, 7) is 0. The molecule has 4 heteroatoms. The fraction of sp³-hybridized carbons (Fsp3) is 0.786. The van der Waals surface area contributed by atoms with E-state index in [9.17, 15) is 0 Å². The van der Waals surface area contributed by atoms with Crippen molar-refractivity contribution in [2.45, 2.75) is 50.1 Å². The molecule has 1 fully saturated rings. The molecule has 1 aromatic heterocycles. The third-order valence-corrected chi connectivity index (χ3v) is 4.51. The lowest BCUT2D eigenvalue weighted by Gasteiger charge is -2.47. The quantitative estimate of drug-likeness (QED) is 0.882. The van der Waals surface area contributed by atoms with E-state index in [2.05, 4.69) is 30.3 Å². The molecule has 1 aliphatic rings. The summed E-state index contributed by atoms with van der Waals surface area (Å²) in [5, 5.41) is 4.23. The van der Waals surface area contributed by atoms with E-state index in [4.69, 9.17) is 5.73 Å². The van der Waals surface area contributed by atoms with Gasteiger partial charge in [0.15, 0.2) is 0 Å². The highest BCUT2D eigenvalue weighted by atomic mass is 15.2. The summed E-state index contributed by atoms with van der Waals surface area (Å²) in [6.07, 6.45) is 11.3. The Kier molecular flexibility index (Phi) is 4.07. The van der Waals surface area contributed by atoms with Gasteiger partial charge >= 0.3 is 0 Å². The molecule has 0 bridgehead atoms. The molecule has 1 heterocycles. The Labute approximate surface area is 110 Å². The molecule has 0 aromatic carbocycles. The Hall–Kier alpha value is -0.870. The first-order valence-electron chi connectivity index (χ1n) is 6.95. The normalized spacial score (nSPS) is 21.2. The van der Waals surface area contributed by atoms with Crippen LogP contribution in [0.1, 0.15) is 37.7 Å². The van der Waals surface area contributed by atoms with Gasteiger partial charge in [0.05, 0.1) is 6.20 Å². The van der Waals surface area contributed by atoms with E-state index < -0.39 is 0 Å². The average molecular weight is 250 g/mol. The number of aryl methyl sites for hydroxylation is 1. The van der Waals surface area contributed by atoms with Gasteiger partial charge in [-0.25, -0.2) is 0 Å². The van der Waals surface area contributed by atoms with Crippen LogP contribution in [0.15, 0.2) is 12.4 Å². The highest BCUT2D eigenvalue weighted by molar-refractivity contribution is 5.11. The molecule has 18 heavy (non-hydrogen) atoms. The molecule has 1 atom stereocenters. The van der Waals surface area contributed by atoms with Crippen molar-refractivity contribution in [2.75, 3.05) is 14.1 Å². The van der Waals surface area contributed by atoms with Gasteiger partial charge < -0.3 is 10.6 Å². The minimum Gasteiger partial charge on any atom is -0.326 e. The number of nitrogens with two attached hydrogens (primary N) is 1. The molecular formula is C14H26N4. The monoisotopic (exact) mass is 250 g/mol. The molecule has 0 spiro atoms. The molecule has 2 rings (SSSR count). The first-order chi connectivity index (χ1) is 8.54. The molecule has 0 saturated heterocycles. The van der Waals surface area contributed by atoms with Gasteiger partial charge in [-0.3, -0.25) is 4.68 Å². The summed E-state index contributed by atoms with van der Waals surface area (Å²) < 4.78 is 1.85. The summed E-state index contributed by atoms with van der Waals surface area (Å²) in [6, 6.07) is 0.192. The van der Waals surface area contributed by atoms with Crippen LogP contribution in [0.25, 0.3) is 0 Å². The van der Waals surface area contributed by atoms with E-state index in [1.54, 1.807) is 0 Å². The van der Waals surface area contributed by atoms with Crippen LogP contribution in [0.3, 0.4) is 0 Å². The Morgan fingerprint density at radius 3 is 2.56 bits per heavy atom. The van der Waals surface area contributed by atoms with Crippen LogP contribution in [0.5, 0.6) is 0 Å². The standard InChI is InChI=1S/C14H26N4/c1-17(2)14(7-5-4-6-8-14)13(15)9-12-10-16-18(3)11-12/h10-11,13H,4-9,15H2,1-3H3. The molecule has 0 amide bonds. The number of hydrogen-bond donors (Lipinski definition) is 1. The van der Waals surface area contributed by atoms with Crippen molar-refractivity contribution < 1.29 is 0 Å². The Bertz CT molecular complexity index is 377. The number of nitrogens with zero attached hydrogens (tertiary/aromatic N) is 3. The van der Waals surface area contributed by atoms with E-state index in [0.717, 1.165) is 6.42 Å². The first kappa shape index (κ1) is 13.6. The molecule has 1 unspecified atom stereocenters. The highest BCUT2D eigenvalue weighted by Gasteiger charge is 2.39. The van der Waals surface area contributed by atoms with E-state index >= 15 is 0 Å². The lowest BCUT2D eigenvalue weighted by atomic mass is 9.74. The fourth-order valence-corrected chi connectivity index (χ4v) is 3.33. The zero-order valence-electron chi connectivity index (χ0n) is 11.9. The maximum absolute atomic E-state index is 6.55. The minimum atomic E-state index is 0.175. The molecule has 1 aromatic rings.